The van der Waals surface area contributed by atoms with Crippen LogP contribution in [0.1, 0.15) is 81.1 Å². The van der Waals surface area contributed by atoms with Crippen LogP contribution in [0.4, 0.5) is 0 Å². The Labute approximate surface area is 159 Å². The molecule has 0 radical (unpaired) electrons. The Morgan fingerprint density at radius 2 is 2.00 bits per heavy atom. The molecular weight excluding hydrogens is 344 g/mol. The molecule has 27 heavy (non-hydrogen) atoms. The molecule has 0 spiro atoms. The fourth-order valence-corrected chi connectivity index (χ4v) is 3.91. The first kappa shape index (κ1) is 19.5. The van der Waals surface area contributed by atoms with Crippen LogP contribution in [0.5, 0.6) is 0 Å². The minimum atomic E-state index is -0.148. The van der Waals surface area contributed by atoms with Gasteiger partial charge in [-0.3, -0.25) is 14.6 Å². The van der Waals surface area contributed by atoms with Crippen LogP contribution in [0.15, 0.2) is 20.8 Å². The van der Waals surface area contributed by atoms with Crippen molar-refractivity contribution < 1.29 is 19.2 Å². The van der Waals surface area contributed by atoms with Gasteiger partial charge in [-0.25, -0.2) is 0 Å². The highest BCUT2D eigenvalue weighted by Gasteiger charge is 2.36. The molecule has 0 aliphatic heterocycles. The van der Waals surface area contributed by atoms with Gasteiger partial charge in [0.05, 0.1) is 16.8 Å². The molecule has 1 saturated carbocycles. The molecule has 0 bridgehead atoms. The van der Waals surface area contributed by atoms with Crippen molar-refractivity contribution >= 4 is 17.3 Å². The number of Topliss-reactive ketones (excluding diaryl/α,β-unsaturated/α-hetero) is 2. The first-order chi connectivity index (χ1) is 12.8. The zero-order chi connectivity index (χ0) is 19.6. The van der Waals surface area contributed by atoms with Crippen molar-refractivity contribution in [3.8, 4) is 0 Å². The summed E-state index contributed by atoms with van der Waals surface area (Å²) in [4.78, 5) is 29.4. The van der Waals surface area contributed by atoms with E-state index in [0.29, 0.717) is 60.5 Å². The number of nitrogens with zero attached hydrogens (tertiary/aromatic N) is 2. The molecule has 0 amide bonds. The van der Waals surface area contributed by atoms with Crippen LogP contribution < -0.4 is 0 Å². The molecule has 1 N–H and O–H groups in total. The molecule has 6 nitrogen and oxygen atoms in total. The van der Waals surface area contributed by atoms with E-state index in [-0.39, 0.29) is 29.2 Å². The van der Waals surface area contributed by atoms with Crippen LogP contribution in [0.3, 0.4) is 0 Å². The van der Waals surface area contributed by atoms with Crippen molar-refractivity contribution in [2.24, 2.45) is 10.4 Å². The second-order valence-electron chi connectivity index (χ2n) is 8.30. The number of ketones is 2. The summed E-state index contributed by atoms with van der Waals surface area (Å²) in [6.45, 7) is 6.77. The maximum atomic E-state index is 12.7. The fourth-order valence-electron chi connectivity index (χ4n) is 3.91. The molecule has 0 aromatic carbocycles. The Hall–Kier alpha value is -2.24. The van der Waals surface area contributed by atoms with Gasteiger partial charge in [0.2, 0.25) is 0 Å². The van der Waals surface area contributed by atoms with Gasteiger partial charge in [0, 0.05) is 44.4 Å². The predicted octanol–water partition coefficient (Wildman–Crippen LogP) is 4.18. The molecule has 0 unspecified atom stereocenters. The van der Waals surface area contributed by atoms with Crippen molar-refractivity contribution in [1.29, 1.82) is 0 Å². The van der Waals surface area contributed by atoms with Gasteiger partial charge in [-0.1, -0.05) is 25.9 Å². The molecule has 2 aliphatic carbocycles. The van der Waals surface area contributed by atoms with E-state index >= 15 is 0 Å². The second kappa shape index (κ2) is 7.79. The summed E-state index contributed by atoms with van der Waals surface area (Å²) in [5, 5.41) is 14.7. The monoisotopic (exact) mass is 372 g/mol. The summed E-state index contributed by atoms with van der Waals surface area (Å²) < 4.78 is 5.30. The zero-order valence-electron chi connectivity index (χ0n) is 16.4. The number of fused-ring (bicyclic) bond motifs is 1. The minimum absolute atomic E-state index is 0.0466. The van der Waals surface area contributed by atoms with Crippen molar-refractivity contribution in [1.82, 2.24) is 5.16 Å². The Bertz CT molecular complexity index is 814. The molecule has 2 aliphatic rings. The Balaban J connectivity index is 1.83. The third-order valence-electron chi connectivity index (χ3n) is 5.19. The highest BCUT2D eigenvalue weighted by molar-refractivity contribution is 6.24. The van der Waals surface area contributed by atoms with Crippen LogP contribution in [-0.2, 0) is 17.6 Å². The van der Waals surface area contributed by atoms with Crippen LogP contribution >= 0.6 is 0 Å². The van der Waals surface area contributed by atoms with Crippen LogP contribution in [0.2, 0.25) is 0 Å². The van der Waals surface area contributed by atoms with Crippen LogP contribution in [0.25, 0.3) is 0 Å². The molecule has 0 saturated heterocycles. The molecule has 146 valence electrons. The highest BCUT2D eigenvalue weighted by atomic mass is 16.5. The summed E-state index contributed by atoms with van der Waals surface area (Å²) in [6.07, 6.45) is 4.61. The van der Waals surface area contributed by atoms with Crippen molar-refractivity contribution in [2.75, 3.05) is 6.54 Å². The number of allylic oxidation sites excluding steroid dienone is 2. The lowest BCUT2D eigenvalue weighted by Gasteiger charge is -2.31. The van der Waals surface area contributed by atoms with Gasteiger partial charge in [-0.05, 0) is 24.7 Å². The standard InChI is InChI=1S/C21H28N2O4/c1-4-10-22-14-11-21(2,3)12-17(26)19(14)16(25)9-8-13-20-15(24)6-5-7-18(20)27-23-13/h25H,4-12H2,1-3H3/b19-16+,22-14?. The number of aromatic nitrogens is 1. The van der Waals surface area contributed by atoms with Gasteiger partial charge < -0.3 is 9.63 Å². The topological polar surface area (TPSA) is 92.8 Å². The number of hydrogen-bond donors (Lipinski definition) is 1. The first-order valence-corrected chi connectivity index (χ1v) is 9.82. The summed E-state index contributed by atoms with van der Waals surface area (Å²) in [5.74, 6) is 0.691. The number of aliphatic imine (C=N–C) groups is 1. The van der Waals surface area contributed by atoms with Gasteiger partial charge in [0.15, 0.2) is 11.6 Å². The van der Waals surface area contributed by atoms with Crippen molar-refractivity contribution in [3.05, 3.63) is 28.3 Å². The van der Waals surface area contributed by atoms with E-state index in [1.54, 1.807) is 0 Å². The van der Waals surface area contributed by atoms with E-state index in [0.717, 1.165) is 19.3 Å². The van der Waals surface area contributed by atoms with Gasteiger partial charge in [-0.2, -0.15) is 0 Å². The van der Waals surface area contributed by atoms with E-state index in [1.807, 2.05) is 20.8 Å². The predicted molar refractivity (Wildman–Crippen MR) is 102 cm³/mol. The number of aliphatic hydroxyl groups is 1. The minimum Gasteiger partial charge on any atom is -0.511 e. The van der Waals surface area contributed by atoms with Crippen LogP contribution in [-0.4, -0.2) is 34.1 Å². The maximum absolute atomic E-state index is 12.7. The number of aliphatic hydroxyl groups excluding tert-OH is 1. The highest BCUT2D eigenvalue weighted by Crippen LogP contribution is 2.36. The second-order valence-corrected chi connectivity index (χ2v) is 8.30. The quantitative estimate of drug-likeness (QED) is 0.618. The van der Waals surface area contributed by atoms with E-state index in [9.17, 15) is 14.7 Å². The largest absolute Gasteiger partial charge is 0.511 e. The molecule has 1 aromatic rings. The molecule has 6 heteroatoms. The van der Waals surface area contributed by atoms with E-state index in [4.69, 9.17) is 4.52 Å². The summed E-state index contributed by atoms with van der Waals surface area (Å²) in [5.41, 5.74) is 2.08. The Morgan fingerprint density at radius 3 is 2.74 bits per heavy atom. The molecular formula is C21H28N2O4. The third kappa shape index (κ3) is 4.20. The van der Waals surface area contributed by atoms with Gasteiger partial charge in [-0.15, -0.1) is 0 Å². The number of aryl methyl sites for hydroxylation is 2. The molecule has 0 atom stereocenters. The summed E-state index contributed by atoms with van der Waals surface area (Å²) >= 11 is 0. The maximum Gasteiger partial charge on any atom is 0.168 e. The third-order valence-corrected chi connectivity index (χ3v) is 5.19. The van der Waals surface area contributed by atoms with Crippen molar-refractivity contribution in [2.45, 2.75) is 72.1 Å². The average molecular weight is 372 g/mol. The van der Waals surface area contributed by atoms with E-state index in [2.05, 4.69) is 10.1 Å². The molecule has 1 fully saturated rings. The average Bonchev–Trinajstić information content (AvgIpc) is 3.01. The number of rotatable bonds is 5. The van der Waals surface area contributed by atoms with Gasteiger partial charge in [0.25, 0.3) is 0 Å². The van der Waals surface area contributed by atoms with Gasteiger partial charge in [0.1, 0.15) is 11.5 Å². The fraction of sp³-hybridized carbons (Fsp3) is 0.619. The Kier molecular flexibility index (Phi) is 5.63. The lowest BCUT2D eigenvalue weighted by molar-refractivity contribution is -0.117. The normalized spacial score (nSPS) is 22.9. The Morgan fingerprint density at radius 1 is 1.22 bits per heavy atom. The van der Waals surface area contributed by atoms with E-state index in [1.165, 1.54) is 0 Å². The number of hydrogen-bond acceptors (Lipinski definition) is 6. The van der Waals surface area contributed by atoms with Crippen molar-refractivity contribution in [3.63, 3.8) is 0 Å². The SMILES string of the molecule is CCCN=C1CC(C)(C)CC(=O)/C1=C(/O)CCc1noc2c1C(=O)CCC2. The van der Waals surface area contributed by atoms with Crippen LogP contribution in [0, 0.1) is 5.41 Å². The summed E-state index contributed by atoms with van der Waals surface area (Å²) in [6, 6.07) is 0. The lowest BCUT2D eigenvalue weighted by atomic mass is 9.73. The smallest absolute Gasteiger partial charge is 0.168 e. The number of carbonyl (C=O) groups excluding carboxylic acids is 2. The first-order valence-electron chi connectivity index (χ1n) is 9.82. The van der Waals surface area contributed by atoms with E-state index < -0.39 is 0 Å². The summed E-state index contributed by atoms with van der Waals surface area (Å²) in [7, 11) is 0. The molecule has 1 aromatic heterocycles. The number of carbonyl (C=O) groups is 2. The lowest BCUT2D eigenvalue weighted by Crippen LogP contribution is -2.33. The molecule has 1 heterocycles. The van der Waals surface area contributed by atoms with Gasteiger partial charge >= 0.3 is 0 Å². The molecule has 3 rings (SSSR count). The zero-order valence-corrected chi connectivity index (χ0v) is 16.4.